The highest BCUT2D eigenvalue weighted by atomic mass is 16.2. The van der Waals surface area contributed by atoms with Crippen molar-refractivity contribution >= 4 is 17.5 Å². The van der Waals surface area contributed by atoms with Crippen molar-refractivity contribution in [3.05, 3.63) is 29.3 Å². The van der Waals surface area contributed by atoms with Crippen LogP contribution >= 0.6 is 0 Å². The third-order valence-electron chi connectivity index (χ3n) is 3.35. The Morgan fingerprint density at radius 1 is 1.42 bits per heavy atom. The summed E-state index contributed by atoms with van der Waals surface area (Å²) in [5.41, 5.74) is 2.90. The molecule has 0 bridgehead atoms. The highest BCUT2D eigenvalue weighted by molar-refractivity contribution is 5.97. The van der Waals surface area contributed by atoms with Crippen molar-refractivity contribution in [2.45, 2.75) is 13.3 Å². The zero-order chi connectivity index (χ0) is 13.8. The fourth-order valence-electron chi connectivity index (χ4n) is 2.19. The normalized spacial score (nSPS) is 12.5. The second-order valence-corrected chi connectivity index (χ2v) is 4.54. The lowest BCUT2D eigenvalue weighted by Crippen LogP contribution is -2.39. The van der Waals surface area contributed by atoms with Gasteiger partial charge in [0.05, 0.1) is 6.54 Å². The Balaban J connectivity index is 2.15. The van der Waals surface area contributed by atoms with E-state index in [1.807, 2.05) is 25.1 Å². The van der Waals surface area contributed by atoms with Gasteiger partial charge in [-0.25, -0.2) is 0 Å². The monoisotopic (exact) mass is 261 g/mol. The standard InChI is InChI=1S/C14H19N3O2/c1-3-17(9-13(18)15-2)14(19)11-5-4-10-6-7-16-12(10)8-11/h4-5,8,16H,3,6-7,9H2,1-2H3,(H,15,18). The van der Waals surface area contributed by atoms with Crippen LogP contribution in [0.3, 0.4) is 0 Å². The maximum atomic E-state index is 12.3. The largest absolute Gasteiger partial charge is 0.384 e. The van der Waals surface area contributed by atoms with Crippen LogP contribution in [0.1, 0.15) is 22.8 Å². The van der Waals surface area contributed by atoms with Crippen molar-refractivity contribution < 1.29 is 9.59 Å². The first kappa shape index (κ1) is 13.4. The topological polar surface area (TPSA) is 61.4 Å². The molecule has 0 saturated heterocycles. The van der Waals surface area contributed by atoms with Crippen LogP contribution in [0.5, 0.6) is 0 Å². The molecule has 1 aliphatic rings. The number of rotatable bonds is 4. The van der Waals surface area contributed by atoms with E-state index in [1.165, 1.54) is 10.5 Å². The van der Waals surface area contributed by atoms with Gasteiger partial charge in [0.2, 0.25) is 5.91 Å². The van der Waals surface area contributed by atoms with Crippen LogP contribution in [0, 0.1) is 0 Å². The Hall–Kier alpha value is -2.04. The van der Waals surface area contributed by atoms with Crippen LogP contribution in [0.15, 0.2) is 18.2 Å². The van der Waals surface area contributed by atoms with Crippen molar-refractivity contribution in [2.24, 2.45) is 0 Å². The van der Waals surface area contributed by atoms with E-state index in [1.54, 1.807) is 7.05 Å². The molecule has 1 heterocycles. The van der Waals surface area contributed by atoms with Crippen molar-refractivity contribution in [1.29, 1.82) is 0 Å². The Labute approximate surface area is 113 Å². The molecule has 0 radical (unpaired) electrons. The molecule has 0 spiro atoms. The van der Waals surface area contributed by atoms with E-state index in [9.17, 15) is 9.59 Å². The predicted octanol–water partition coefficient (Wildman–Crippen LogP) is 0.863. The third-order valence-corrected chi connectivity index (χ3v) is 3.35. The molecular weight excluding hydrogens is 242 g/mol. The van der Waals surface area contributed by atoms with Gasteiger partial charge in [0.1, 0.15) is 0 Å². The van der Waals surface area contributed by atoms with Gasteiger partial charge in [-0.05, 0) is 31.0 Å². The minimum atomic E-state index is -0.158. The summed E-state index contributed by atoms with van der Waals surface area (Å²) in [6, 6.07) is 5.69. The number of amides is 2. The van der Waals surface area contributed by atoms with Crippen molar-refractivity contribution in [3.63, 3.8) is 0 Å². The van der Waals surface area contributed by atoms with Gasteiger partial charge >= 0.3 is 0 Å². The Morgan fingerprint density at radius 2 is 2.21 bits per heavy atom. The number of carbonyl (C=O) groups is 2. The maximum absolute atomic E-state index is 12.3. The molecule has 19 heavy (non-hydrogen) atoms. The molecule has 5 nitrogen and oxygen atoms in total. The number of fused-ring (bicyclic) bond motifs is 1. The number of benzene rings is 1. The van der Waals surface area contributed by atoms with Crippen LogP contribution in [0.25, 0.3) is 0 Å². The molecule has 2 N–H and O–H groups in total. The van der Waals surface area contributed by atoms with E-state index in [-0.39, 0.29) is 18.4 Å². The Kier molecular flexibility index (Phi) is 4.04. The van der Waals surface area contributed by atoms with Crippen molar-refractivity contribution in [2.75, 3.05) is 32.0 Å². The quantitative estimate of drug-likeness (QED) is 0.845. The number of nitrogens with zero attached hydrogens (tertiary/aromatic N) is 1. The summed E-state index contributed by atoms with van der Waals surface area (Å²) >= 11 is 0. The summed E-state index contributed by atoms with van der Waals surface area (Å²) in [5.74, 6) is -0.267. The van der Waals surface area contributed by atoms with Gasteiger partial charge in [-0.1, -0.05) is 6.07 Å². The van der Waals surface area contributed by atoms with E-state index in [0.29, 0.717) is 12.1 Å². The summed E-state index contributed by atoms with van der Waals surface area (Å²) in [6.45, 7) is 3.39. The molecule has 1 aliphatic heterocycles. The molecule has 0 saturated carbocycles. The van der Waals surface area contributed by atoms with Crippen molar-refractivity contribution in [3.8, 4) is 0 Å². The van der Waals surface area contributed by atoms with Gasteiger partial charge in [-0.15, -0.1) is 0 Å². The van der Waals surface area contributed by atoms with Gasteiger partial charge in [0.25, 0.3) is 5.91 Å². The van der Waals surface area contributed by atoms with Crippen molar-refractivity contribution in [1.82, 2.24) is 10.2 Å². The fourth-order valence-corrected chi connectivity index (χ4v) is 2.19. The number of carbonyl (C=O) groups excluding carboxylic acids is 2. The number of anilines is 1. The van der Waals surface area contributed by atoms with Crippen LogP contribution in [0.2, 0.25) is 0 Å². The molecule has 2 amide bonds. The summed E-state index contributed by atoms with van der Waals surface area (Å²) in [6.07, 6.45) is 1.000. The van der Waals surface area contributed by atoms with Crippen LogP contribution in [0.4, 0.5) is 5.69 Å². The molecular formula is C14H19N3O2. The lowest BCUT2D eigenvalue weighted by molar-refractivity contribution is -0.121. The Morgan fingerprint density at radius 3 is 2.89 bits per heavy atom. The predicted molar refractivity (Wildman–Crippen MR) is 74.3 cm³/mol. The summed E-state index contributed by atoms with van der Waals surface area (Å²) < 4.78 is 0. The zero-order valence-electron chi connectivity index (χ0n) is 11.3. The fraction of sp³-hybridized carbons (Fsp3) is 0.429. The second kappa shape index (κ2) is 5.73. The molecule has 0 atom stereocenters. The first-order valence-electron chi connectivity index (χ1n) is 6.52. The summed E-state index contributed by atoms with van der Waals surface area (Å²) in [5, 5.41) is 5.79. The number of hydrogen-bond acceptors (Lipinski definition) is 3. The molecule has 1 aromatic carbocycles. The number of nitrogens with one attached hydrogen (secondary N) is 2. The minimum Gasteiger partial charge on any atom is -0.384 e. The molecule has 0 aromatic heterocycles. The van der Waals surface area contributed by atoms with Crippen LogP contribution in [-0.4, -0.2) is 43.4 Å². The molecule has 0 fully saturated rings. The maximum Gasteiger partial charge on any atom is 0.254 e. The highest BCUT2D eigenvalue weighted by Crippen LogP contribution is 2.23. The molecule has 1 aromatic rings. The van der Waals surface area contributed by atoms with Gasteiger partial charge in [-0.2, -0.15) is 0 Å². The highest BCUT2D eigenvalue weighted by Gasteiger charge is 2.19. The van der Waals surface area contributed by atoms with Gasteiger partial charge in [-0.3, -0.25) is 9.59 Å². The summed E-state index contributed by atoms with van der Waals surface area (Å²) in [7, 11) is 1.57. The van der Waals surface area contributed by atoms with E-state index in [0.717, 1.165) is 18.7 Å². The van der Waals surface area contributed by atoms with Gasteiger partial charge in [0, 0.05) is 31.4 Å². The van der Waals surface area contributed by atoms with Crippen LogP contribution < -0.4 is 10.6 Å². The lowest BCUT2D eigenvalue weighted by atomic mass is 10.1. The zero-order valence-corrected chi connectivity index (χ0v) is 11.3. The number of likely N-dealkylation sites (N-methyl/N-ethyl adjacent to an activating group) is 2. The van der Waals surface area contributed by atoms with E-state index in [2.05, 4.69) is 10.6 Å². The Bertz CT molecular complexity index is 499. The average Bonchev–Trinajstić information content (AvgIpc) is 2.90. The SMILES string of the molecule is CCN(CC(=O)NC)C(=O)c1ccc2c(c1)NCC2. The van der Waals surface area contributed by atoms with E-state index < -0.39 is 0 Å². The van der Waals surface area contributed by atoms with E-state index >= 15 is 0 Å². The van der Waals surface area contributed by atoms with E-state index in [4.69, 9.17) is 0 Å². The number of hydrogen-bond donors (Lipinski definition) is 2. The first-order chi connectivity index (χ1) is 9.15. The average molecular weight is 261 g/mol. The lowest BCUT2D eigenvalue weighted by Gasteiger charge is -2.20. The molecule has 102 valence electrons. The molecule has 0 unspecified atom stereocenters. The van der Waals surface area contributed by atoms with Crippen LogP contribution in [-0.2, 0) is 11.2 Å². The molecule has 2 rings (SSSR count). The first-order valence-corrected chi connectivity index (χ1v) is 6.52. The third kappa shape index (κ3) is 2.86. The second-order valence-electron chi connectivity index (χ2n) is 4.54. The molecule has 0 aliphatic carbocycles. The smallest absolute Gasteiger partial charge is 0.254 e. The summed E-state index contributed by atoms with van der Waals surface area (Å²) in [4.78, 5) is 25.3. The minimum absolute atomic E-state index is 0.0936. The van der Waals surface area contributed by atoms with Gasteiger partial charge in [0.15, 0.2) is 0 Å². The molecule has 5 heteroatoms. The van der Waals surface area contributed by atoms with Gasteiger partial charge < -0.3 is 15.5 Å².